The Balaban J connectivity index is 1.54. The summed E-state index contributed by atoms with van der Waals surface area (Å²) in [6.07, 6.45) is -6.72. The molecule has 0 radical (unpaired) electrons. The number of ether oxygens (including phenoxy) is 1. The number of hydrogen-bond donors (Lipinski definition) is 4. The van der Waals surface area contributed by atoms with Crippen molar-refractivity contribution in [2.24, 2.45) is 0 Å². The summed E-state index contributed by atoms with van der Waals surface area (Å²) in [6, 6.07) is -4.15. The monoisotopic (exact) mass is 528 g/mol. The normalized spacial score (nSPS) is 34.9. The van der Waals surface area contributed by atoms with E-state index in [1.165, 1.54) is 6.92 Å². The first-order valence-electron chi connectivity index (χ1n) is 16.1. The van der Waals surface area contributed by atoms with Gasteiger partial charge in [-0.15, -0.1) is 5.10 Å². The summed E-state index contributed by atoms with van der Waals surface area (Å²) in [6.45, 7) is -1.18. The maximum atomic E-state index is 14.7. The van der Waals surface area contributed by atoms with Gasteiger partial charge in [0.1, 0.15) is 18.0 Å². The summed E-state index contributed by atoms with van der Waals surface area (Å²) in [5.41, 5.74) is -3.05. The molecule has 2 aliphatic carbocycles. The summed E-state index contributed by atoms with van der Waals surface area (Å²) in [4.78, 5) is 8.59. The van der Waals surface area contributed by atoms with Gasteiger partial charge in [-0.1, -0.05) is 36.0 Å². The molecule has 0 saturated heterocycles. The van der Waals surface area contributed by atoms with Crippen molar-refractivity contribution >= 4 is 28.7 Å². The van der Waals surface area contributed by atoms with Crippen molar-refractivity contribution in [3.63, 3.8) is 0 Å². The van der Waals surface area contributed by atoms with Crippen molar-refractivity contribution in [2.45, 2.75) is 74.5 Å². The van der Waals surface area contributed by atoms with Crippen molar-refractivity contribution in [3.8, 4) is 0 Å². The van der Waals surface area contributed by atoms with Crippen LogP contribution in [0.15, 0.2) is 23.3 Å². The molecule has 36 heavy (non-hydrogen) atoms. The van der Waals surface area contributed by atoms with Crippen LogP contribution in [0.3, 0.4) is 0 Å². The first-order chi connectivity index (χ1) is 21.1. The average molecular weight is 529 g/mol. The van der Waals surface area contributed by atoms with Crippen LogP contribution in [0.5, 0.6) is 0 Å². The molecular weight excluding hydrogens is 487 g/mol. The Kier molecular flexibility index (Phi) is 4.62. The Morgan fingerprint density at radius 1 is 1.33 bits per heavy atom. The molecule has 0 bridgehead atoms. The van der Waals surface area contributed by atoms with Gasteiger partial charge in [0.25, 0.3) is 0 Å². The zero-order valence-electron chi connectivity index (χ0n) is 29.3. The summed E-state index contributed by atoms with van der Waals surface area (Å²) >= 11 is 0.329. The fourth-order valence-electron chi connectivity index (χ4n) is 4.14. The largest absolute Gasteiger partial charge is 0.394 e. The van der Waals surface area contributed by atoms with Crippen LogP contribution in [0.2, 0.25) is 0 Å². The molecule has 5 rings (SSSR count). The van der Waals surface area contributed by atoms with Crippen molar-refractivity contribution < 1.29 is 38.2 Å². The molecule has 2 aliphatic rings. The predicted octanol–water partition coefficient (Wildman–Crippen LogP) is 2.18. The maximum Gasteiger partial charge on any atom is 0.191 e. The highest BCUT2D eigenvalue weighted by molar-refractivity contribution is 7.99. The number of benzene rings is 1. The summed E-state index contributed by atoms with van der Waals surface area (Å²) in [5, 5.41) is 41.4. The van der Waals surface area contributed by atoms with Crippen LogP contribution >= 0.6 is 11.8 Å². The first kappa shape index (κ1) is 15.8. The number of halogens is 1. The van der Waals surface area contributed by atoms with E-state index in [4.69, 9.17) is 18.4 Å². The van der Waals surface area contributed by atoms with E-state index in [9.17, 15) is 19.7 Å². The summed E-state index contributed by atoms with van der Waals surface area (Å²) in [7, 11) is 0. The lowest BCUT2D eigenvalue weighted by atomic mass is 10.1. The number of aliphatic hydroxyl groups excluding tert-OH is 2. The molecule has 1 aromatic carbocycles. The highest BCUT2D eigenvalue weighted by atomic mass is 32.2. The van der Waals surface area contributed by atoms with Gasteiger partial charge in [-0.25, -0.2) is 19.0 Å². The van der Waals surface area contributed by atoms with E-state index < -0.39 is 85.5 Å². The number of nitrogens with one attached hydrogen (secondary N) is 1. The lowest BCUT2D eigenvalue weighted by Crippen LogP contribution is -2.33. The number of hydrogen-bond acceptors (Lipinski definition) is 10. The Morgan fingerprint density at radius 2 is 2.17 bits per heavy atom. The number of nitrogens with zero attached hydrogens (tertiary/aromatic N) is 5. The number of rotatable bonds is 10. The second-order valence-electron chi connectivity index (χ2n) is 8.44. The second kappa shape index (κ2) is 10.5. The quantitative estimate of drug-likeness (QED) is 0.229. The molecule has 0 spiro atoms. The number of aromatic nitrogens is 5. The first-order valence-corrected chi connectivity index (χ1v) is 11.9. The Labute approximate surface area is 226 Å². The van der Waals surface area contributed by atoms with Crippen molar-refractivity contribution in [3.05, 3.63) is 35.1 Å². The lowest BCUT2D eigenvalue weighted by Gasteiger charge is -2.17. The Bertz CT molecular complexity index is 1650. The van der Waals surface area contributed by atoms with Gasteiger partial charge in [-0.2, -0.15) is 0 Å². The van der Waals surface area contributed by atoms with E-state index in [0.29, 0.717) is 11.8 Å². The van der Waals surface area contributed by atoms with E-state index in [1.807, 2.05) is 0 Å². The van der Waals surface area contributed by atoms with E-state index in [0.717, 1.165) is 11.6 Å². The maximum absolute atomic E-state index is 14.7. The minimum atomic E-state index is -2.70. The highest BCUT2D eigenvalue weighted by Crippen LogP contribution is 2.44. The SMILES string of the molecule is [2H]c1c([2H])c([C@@H]2C[C@@]2([2H])Nc2nc(SC([2H])([2H])C([2H])([2H])C)nc3c2nnn3[C@@H]2C[C@H](OCC([2H])([2H])O)[C@@H](O)[C@H]2O)c([2H])c(F)c1C. The molecular formula is C24H31FN6O4S. The fourth-order valence-corrected chi connectivity index (χ4v) is 4.61. The second-order valence-corrected chi connectivity index (χ2v) is 9.21. The molecule has 0 unspecified atom stereocenters. The predicted molar refractivity (Wildman–Crippen MR) is 133 cm³/mol. The number of thioether (sulfide) groups is 1. The molecule has 0 amide bonds. The Hall–Kier alpha value is -2.38. The van der Waals surface area contributed by atoms with Crippen LogP contribution < -0.4 is 5.32 Å². The topological polar surface area (TPSA) is 138 Å². The van der Waals surface area contributed by atoms with Gasteiger partial charge in [0.15, 0.2) is 22.1 Å². The van der Waals surface area contributed by atoms with Crippen LogP contribution in [0.4, 0.5) is 10.2 Å². The van der Waals surface area contributed by atoms with E-state index >= 15 is 0 Å². The van der Waals surface area contributed by atoms with Gasteiger partial charge in [0.2, 0.25) is 0 Å². The van der Waals surface area contributed by atoms with Crippen LogP contribution in [-0.2, 0) is 4.74 Å². The zero-order valence-corrected chi connectivity index (χ0v) is 20.1. The molecule has 3 aromatic rings. The highest BCUT2D eigenvalue weighted by Gasteiger charge is 2.45. The van der Waals surface area contributed by atoms with E-state index in [-0.39, 0.29) is 46.1 Å². The van der Waals surface area contributed by atoms with Crippen LogP contribution in [-0.4, -0.2) is 83.5 Å². The number of aliphatic hydroxyl groups is 3. The lowest BCUT2D eigenvalue weighted by molar-refractivity contribution is -0.0629. The third-order valence-corrected chi connectivity index (χ3v) is 6.76. The summed E-state index contributed by atoms with van der Waals surface area (Å²) < 4.78 is 102. The standard InChI is InChI=1S/C24H31FN6O4S/c1-3-8-36-24-27-22(26-16-10-14(16)13-5-4-12(2)15(25)9-13)19-23(28-24)31(30-29-19)17-11-18(35-7-6-32)21(34)20(17)33/h4-5,9,14,16-18,20-21,32-34H,3,6-8,10-11H2,1-2H3,(H,26,27,28)/t14-,16+,17+,18-,20-,21+/m0/s1/i3D2,4D,5D,6D2,8D2,9D,16D. The third-order valence-electron chi connectivity index (χ3n) is 6.09. The molecule has 194 valence electrons. The zero-order chi connectivity index (χ0) is 34.3. The molecule has 0 aliphatic heterocycles. The third kappa shape index (κ3) is 4.92. The molecule has 12 heteroatoms. The van der Waals surface area contributed by atoms with E-state index in [2.05, 4.69) is 25.6 Å². The molecule has 2 heterocycles. The van der Waals surface area contributed by atoms with E-state index in [1.54, 1.807) is 0 Å². The van der Waals surface area contributed by atoms with Crippen LogP contribution in [0.1, 0.15) is 62.9 Å². The molecule has 10 nitrogen and oxygen atoms in total. The molecule has 4 N–H and O–H groups in total. The van der Waals surface area contributed by atoms with Gasteiger partial charge in [0.05, 0.1) is 33.5 Å². The molecule has 6 atom stereocenters. The fraction of sp³-hybridized carbons (Fsp3) is 0.583. The smallest absolute Gasteiger partial charge is 0.191 e. The van der Waals surface area contributed by atoms with Crippen LogP contribution in [0, 0.1) is 12.7 Å². The minimum absolute atomic E-state index is 0.0297. The van der Waals surface area contributed by atoms with Gasteiger partial charge in [-0.05, 0) is 36.9 Å². The van der Waals surface area contributed by atoms with Gasteiger partial charge >= 0.3 is 0 Å². The Morgan fingerprint density at radius 3 is 2.94 bits per heavy atom. The number of anilines is 1. The molecule has 2 fully saturated rings. The van der Waals surface area contributed by atoms with Gasteiger partial charge in [0, 0.05) is 29.5 Å². The minimum Gasteiger partial charge on any atom is -0.394 e. The van der Waals surface area contributed by atoms with Crippen LogP contribution in [0.25, 0.3) is 11.2 Å². The van der Waals surface area contributed by atoms with Gasteiger partial charge < -0.3 is 25.4 Å². The average Bonchev–Trinajstić information content (AvgIpc) is 3.25. The summed E-state index contributed by atoms with van der Waals surface area (Å²) in [5.74, 6) is -2.06. The molecule has 2 saturated carbocycles. The van der Waals surface area contributed by atoms with Crippen molar-refractivity contribution in [1.29, 1.82) is 0 Å². The van der Waals surface area contributed by atoms with Gasteiger partial charge in [-0.3, -0.25) is 0 Å². The van der Waals surface area contributed by atoms with Crippen molar-refractivity contribution in [2.75, 3.05) is 24.2 Å². The number of fused-ring (bicyclic) bond motifs is 1. The van der Waals surface area contributed by atoms with Crippen molar-refractivity contribution in [1.82, 2.24) is 25.0 Å². The molecule has 2 aromatic heterocycles.